The van der Waals surface area contributed by atoms with Crippen molar-refractivity contribution in [3.8, 4) is 6.07 Å². The van der Waals surface area contributed by atoms with Crippen LogP contribution in [0.5, 0.6) is 0 Å². The number of hydrogen-bond acceptors (Lipinski definition) is 1. The lowest BCUT2D eigenvalue weighted by atomic mass is 10.4. The smallest absolute Gasteiger partial charge is 0.192 e. The second-order valence-electron chi connectivity index (χ2n) is 1.81. The highest BCUT2D eigenvalue weighted by molar-refractivity contribution is 5.12. The SMILES string of the molecule is C[n+]1ccccc1C#N. The van der Waals surface area contributed by atoms with Crippen molar-refractivity contribution >= 4 is 0 Å². The molecule has 0 saturated carbocycles. The van der Waals surface area contributed by atoms with Crippen LogP contribution in [0.4, 0.5) is 0 Å². The zero-order valence-corrected chi connectivity index (χ0v) is 5.20. The number of rotatable bonds is 0. The molecule has 44 valence electrons. The lowest BCUT2D eigenvalue weighted by molar-refractivity contribution is -0.674. The number of nitriles is 1. The van der Waals surface area contributed by atoms with E-state index in [-0.39, 0.29) is 0 Å². The Hall–Kier alpha value is -1.36. The highest BCUT2D eigenvalue weighted by Gasteiger charge is 1.98. The molecule has 1 aromatic rings. The molecule has 0 aliphatic carbocycles. The fourth-order valence-corrected chi connectivity index (χ4v) is 0.639. The van der Waals surface area contributed by atoms with Gasteiger partial charge >= 0.3 is 0 Å². The second kappa shape index (κ2) is 2.27. The quantitative estimate of drug-likeness (QED) is 0.454. The van der Waals surface area contributed by atoms with E-state index in [9.17, 15) is 0 Å². The standard InChI is InChI=1S/C7H7N2/c1-9-5-3-2-4-7(9)6-8/h2-5H,1H3/q+1. The normalized spacial score (nSPS) is 8.44. The molecule has 0 fully saturated rings. The molecule has 0 aliphatic rings. The van der Waals surface area contributed by atoms with Gasteiger partial charge < -0.3 is 0 Å². The van der Waals surface area contributed by atoms with Gasteiger partial charge in [-0.15, -0.1) is 0 Å². The summed E-state index contributed by atoms with van der Waals surface area (Å²) in [5.74, 6) is 0. The van der Waals surface area contributed by atoms with Crippen molar-refractivity contribution in [2.75, 3.05) is 0 Å². The van der Waals surface area contributed by atoms with Gasteiger partial charge in [-0.25, -0.2) is 0 Å². The van der Waals surface area contributed by atoms with E-state index in [0.29, 0.717) is 5.69 Å². The van der Waals surface area contributed by atoms with Crippen molar-refractivity contribution in [2.45, 2.75) is 0 Å². The summed E-state index contributed by atoms with van der Waals surface area (Å²) < 4.78 is 1.78. The van der Waals surface area contributed by atoms with E-state index in [1.165, 1.54) is 0 Å². The van der Waals surface area contributed by atoms with Gasteiger partial charge in [0.15, 0.2) is 12.3 Å². The Balaban J connectivity index is 3.20. The summed E-state index contributed by atoms with van der Waals surface area (Å²) in [7, 11) is 1.85. The van der Waals surface area contributed by atoms with E-state index in [1.807, 2.05) is 25.4 Å². The van der Waals surface area contributed by atoms with Crippen LogP contribution in [0.3, 0.4) is 0 Å². The molecule has 0 aliphatic heterocycles. The summed E-state index contributed by atoms with van der Waals surface area (Å²) in [6.07, 6.45) is 1.85. The first-order valence-corrected chi connectivity index (χ1v) is 2.69. The van der Waals surface area contributed by atoms with Crippen LogP contribution in [0.25, 0.3) is 0 Å². The van der Waals surface area contributed by atoms with E-state index in [1.54, 1.807) is 10.6 Å². The van der Waals surface area contributed by atoms with E-state index in [4.69, 9.17) is 5.26 Å². The van der Waals surface area contributed by atoms with Gasteiger partial charge in [0, 0.05) is 12.1 Å². The zero-order valence-electron chi connectivity index (χ0n) is 5.20. The average molecular weight is 119 g/mol. The van der Waals surface area contributed by atoms with Gasteiger partial charge in [-0.1, -0.05) is 0 Å². The Bertz CT molecular complexity index is 247. The van der Waals surface area contributed by atoms with Gasteiger partial charge in [0.25, 0.3) is 5.69 Å². The first kappa shape index (κ1) is 5.77. The lowest BCUT2D eigenvalue weighted by Gasteiger charge is -1.84. The van der Waals surface area contributed by atoms with Crippen molar-refractivity contribution in [2.24, 2.45) is 7.05 Å². The summed E-state index contributed by atoms with van der Waals surface area (Å²) in [4.78, 5) is 0. The van der Waals surface area contributed by atoms with Crippen LogP contribution >= 0.6 is 0 Å². The van der Waals surface area contributed by atoms with Gasteiger partial charge in [-0.2, -0.15) is 9.83 Å². The molecule has 0 unspecified atom stereocenters. The Kier molecular flexibility index (Phi) is 1.46. The van der Waals surface area contributed by atoms with Gasteiger partial charge in [0.1, 0.15) is 7.05 Å². The van der Waals surface area contributed by atoms with Crippen LogP contribution in [0.1, 0.15) is 5.69 Å². The molecular formula is C7H7N2+. The average Bonchev–Trinajstić information content (AvgIpc) is 1.89. The van der Waals surface area contributed by atoms with Crippen molar-refractivity contribution in [1.29, 1.82) is 5.26 Å². The number of aromatic nitrogens is 1. The molecule has 0 saturated heterocycles. The third-order valence-electron chi connectivity index (χ3n) is 1.17. The largest absolute Gasteiger partial charge is 0.283 e. The molecule has 1 heterocycles. The van der Waals surface area contributed by atoms with Crippen molar-refractivity contribution in [1.82, 2.24) is 0 Å². The minimum atomic E-state index is 0.678. The molecule has 0 radical (unpaired) electrons. The predicted octanol–water partition coefficient (Wildman–Crippen LogP) is 0.383. The molecule has 1 rings (SSSR count). The number of aryl methyl sites for hydroxylation is 1. The second-order valence-corrected chi connectivity index (χ2v) is 1.81. The molecular weight excluding hydrogens is 112 g/mol. The van der Waals surface area contributed by atoms with Crippen LogP contribution in [0.15, 0.2) is 24.4 Å². The minimum absolute atomic E-state index is 0.678. The van der Waals surface area contributed by atoms with Gasteiger partial charge in [0.2, 0.25) is 0 Å². The van der Waals surface area contributed by atoms with Gasteiger partial charge in [0.05, 0.1) is 0 Å². The molecule has 0 bridgehead atoms. The lowest BCUT2D eigenvalue weighted by Crippen LogP contribution is -2.30. The molecule has 9 heavy (non-hydrogen) atoms. The fourth-order valence-electron chi connectivity index (χ4n) is 0.639. The van der Waals surface area contributed by atoms with Crippen LogP contribution in [-0.2, 0) is 7.05 Å². The van der Waals surface area contributed by atoms with Crippen LogP contribution in [-0.4, -0.2) is 0 Å². The third kappa shape index (κ3) is 1.06. The predicted molar refractivity (Wildman–Crippen MR) is 32.3 cm³/mol. The van der Waals surface area contributed by atoms with E-state index < -0.39 is 0 Å². The number of nitrogens with zero attached hydrogens (tertiary/aromatic N) is 2. The van der Waals surface area contributed by atoms with Crippen molar-refractivity contribution in [3.63, 3.8) is 0 Å². The third-order valence-corrected chi connectivity index (χ3v) is 1.17. The highest BCUT2D eigenvalue weighted by Crippen LogP contribution is 1.84. The van der Waals surface area contributed by atoms with Gasteiger partial charge in [-0.3, -0.25) is 0 Å². The van der Waals surface area contributed by atoms with Crippen molar-refractivity contribution in [3.05, 3.63) is 30.1 Å². The molecule has 0 aromatic carbocycles. The minimum Gasteiger partial charge on any atom is -0.192 e. The monoisotopic (exact) mass is 119 g/mol. The summed E-state index contributed by atoms with van der Waals surface area (Å²) in [5.41, 5.74) is 0.678. The maximum atomic E-state index is 8.45. The van der Waals surface area contributed by atoms with Crippen molar-refractivity contribution < 1.29 is 4.57 Å². The zero-order chi connectivity index (χ0) is 6.69. The first-order valence-electron chi connectivity index (χ1n) is 2.69. The Morgan fingerprint density at radius 1 is 1.56 bits per heavy atom. The molecule has 0 atom stereocenters. The summed E-state index contributed by atoms with van der Waals surface area (Å²) in [6.45, 7) is 0. The topological polar surface area (TPSA) is 27.7 Å². The maximum Gasteiger partial charge on any atom is 0.283 e. The van der Waals surface area contributed by atoms with E-state index >= 15 is 0 Å². The van der Waals surface area contributed by atoms with Crippen LogP contribution in [0.2, 0.25) is 0 Å². The summed E-state index contributed by atoms with van der Waals surface area (Å²) >= 11 is 0. The number of pyridine rings is 1. The fraction of sp³-hybridized carbons (Fsp3) is 0.143. The van der Waals surface area contributed by atoms with Crippen LogP contribution in [0, 0.1) is 11.3 Å². The molecule has 0 spiro atoms. The Morgan fingerprint density at radius 3 is 2.78 bits per heavy atom. The van der Waals surface area contributed by atoms with E-state index in [2.05, 4.69) is 6.07 Å². The summed E-state index contributed by atoms with van der Waals surface area (Å²) in [5, 5.41) is 8.45. The summed E-state index contributed by atoms with van der Waals surface area (Å²) in [6, 6.07) is 7.57. The first-order chi connectivity index (χ1) is 4.34. The molecule has 1 aromatic heterocycles. The number of hydrogen-bond donors (Lipinski definition) is 0. The molecule has 2 heteroatoms. The molecule has 0 amide bonds. The van der Waals surface area contributed by atoms with Crippen LogP contribution < -0.4 is 4.57 Å². The van der Waals surface area contributed by atoms with E-state index in [0.717, 1.165) is 0 Å². The molecule has 0 N–H and O–H groups in total. The molecule has 2 nitrogen and oxygen atoms in total. The van der Waals surface area contributed by atoms with Gasteiger partial charge in [-0.05, 0) is 6.07 Å². The highest BCUT2D eigenvalue weighted by atomic mass is 14.9. The Labute approximate surface area is 54.0 Å². The maximum absolute atomic E-state index is 8.45. The Morgan fingerprint density at radius 2 is 2.33 bits per heavy atom.